The molecule has 0 heterocycles. The second-order valence-electron chi connectivity index (χ2n) is 6.10. The van der Waals surface area contributed by atoms with Gasteiger partial charge >= 0.3 is 0 Å². The van der Waals surface area contributed by atoms with Crippen molar-refractivity contribution in [3.8, 4) is 0 Å². The first-order valence-electron chi connectivity index (χ1n) is 7.65. The third-order valence-electron chi connectivity index (χ3n) is 4.09. The van der Waals surface area contributed by atoms with Gasteiger partial charge < -0.3 is 20.2 Å². The summed E-state index contributed by atoms with van der Waals surface area (Å²) in [5, 5.41) is 5.00. The third-order valence-corrected chi connectivity index (χ3v) is 4.09. The molecule has 2 N–H and O–H groups in total. The Kier molecular flexibility index (Phi) is 14.6. The van der Waals surface area contributed by atoms with E-state index in [2.05, 4.69) is 10.6 Å². The van der Waals surface area contributed by atoms with Crippen molar-refractivity contribution >= 4 is 30.2 Å². The maximum atomic E-state index is 12.2. The second-order valence-corrected chi connectivity index (χ2v) is 6.10. The fourth-order valence-corrected chi connectivity index (χ4v) is 2.80. The quantitative estimate of drug-likeness (QED) is 0.473. The summed E-state index contributed by atoms with van der Waals surface area (Å²) in [5.41, 5.74) is 0. The first kappa shape index (κ1) is 27.4. The van der Waals surface area contributed by atoms with Crippen molar-refractivity contribution in [2.75, 3.05) is 0 Å². The Morgan fingerprint density at radius 1 is 0.800 bits per heavy atom. The van der Waals surface area contributed by atoms with E-state index in [4.69, 9.17) is 0 Å². The molecule has 0 spiro atoms. The van der Waals surface area contributed by atoms with E-state index in [1.165, 1.54) is 20.8 Å². The van der Waals surface area contributed by atoms with E-state index in [1.807, 2.05) is 0 Å². The van der Waals surface area contributed by atoms with Gasteiger partial charge in [-0.3, -0.25) is 14.4 Å². The minimum atomic E-state index is -0.739. The van der Waals surface area contributed by atoms with Crippen LogP contribution in [0.2, 0.25) is 0 Å². The summed E-state index contributed by atoms with van der Waals surface area (Å²) in [6.45, 7) is 4.44. The van der Waals surface area contributed by atoms with Crippen molar-refractivity contribution in [3.63, 3.8) is 0 Å². The zero-order valence-corrected chi connectivity index (χ0v) is 20.4. The minimum absolute atomic E-state index is 0. The first-order chi connectivity index (χ1) is 10.8. The molecular formula is C16H22N2O5Y2-2. The molecule has 0 aromatic heterocycles. The number of ketones is 1. The summed E-state index contributed by atoms with van der Waals surface area (Å²) in [6, 6.07) is -1.48. The zero-order chi connectivity index (χ0) is 17.6. The molecule has 9 heteroatoms. The van der Waals surface area contributed by atoms with Crippen molar-refractivity contribution < 1.29 is 89.4 Å². The summed E-state index contributed by atoms with van der Waals surface area (Å²) in [4.78, 5) is 57.1. The number of rotatable bonds is 7. The van der Waals surface area contributed by atoms with Gasteiger partial charge in [0.2, 0.25) is 11.8 Å². The molecule has 2 radical (unpaired) electrons. The van der Waals surface area contributed by atoms with Crippen LogP contribution in [0.4, 0.5) is 0 Å². The molecule has 0 saturated heterocycles. The smallest absolute Gasteiger partial charge is 0.221 e. The Morgan fingerprint density at radius 3 is 1.40 bits per heavy atom. The molecule has 0 bridgehead atoms. The minimum Gasteiger partial charge on any atom is -0.540 e. The van der Waals surface area contributed by atoms with Gasteiger partial charge in [0.05, 0.1) is 0 Å². The average Bonchev–Trinajstić information content (AvgIpc) is 2.53. The second kappa shape index (κ2) is 13.3. The van der Waals surface area contributed by atoms with Gasteiger partial charge in [-0.25, -0.2) is 12.6 Å². The maximum absolute atomic E-state index is 12.2. The number of nitrogens with one attached hydrogen (secondary N) is 2. The summed E-state index contributed by atoms with van der Waals surface area (Å²) < 4.78 is 0. The van der Waals surface area contributed by atoms with E-state index in [-0.39, 0.29) is 95.4 Å². The predicted molar refractivity (Wildman–Crippen MR) is 81.6 cm³/mol. The average molecular weight is 500 g/mol. The van der Waals surface area contributed by atoms with Crippen molar-refractivity contribution in [1.82, 2.24) is 10.6 Å². The Balaban J connectivity index is 0. The van der Waals surface area contributed by atoms with Crippen LogP contribution in [0, 0.1) is 17.8 Å². The van der Waals surface area contributed by atoms with Crippen molar-refractivity contribution in [2.24, 2.45) is 17.8 Å². The van der Waals surface area contributed by atoms with Crippen LogP contribution in [0.25, 0.3) is 0 Å². The van der Waals surface area contributed by atoms with Crippen LogP contribution in [0.3, 0.4) is 0 Å². The SMILES string of the molecule is CC(=O)C1C[C@@H](C(=O)NC(C)[C-]=O)C[C@@H](C(=O)NC(C)[C-]=O)C1.[Y].[Y]. The van der Waals surface area contributed by atoms with Gasteiger partial charge in [0, 0.05) is 83.2 Å². The fourth-order valence-electron chi connectivity index (χ4n) is 2.80. The summed E-state index contributed by atoms with van der Waals surface area (Å²) >= 11 is 0. The summed E-state index contributed by atoms with van der Waals surface area (Å²) in [6.07, 6.45) is 4.31. The fraction of sp³-hybridized carbons (Fsp3) is 0.688. The predicted octanol–water partition coefficient (Wildman–Crippen LogP) is -0.168. The molecule has 1 aliphatic rings. The Morgan fingerprint density at radius 2 is 1.12 bits per heavy atom. The van der Waals surface area contributed by atoms with Crippen LogP contribution in [0.15, 0.2) is 0 Å². The molecule has 0 aromatic rings. The molecule has 134 valence electrons. The van der Waals surface area contributed by atoms with Crippen LogP contribution >= 0.6 is 0 Å². The maximum Gasteiger partial charge on any atom is 0.221 e. The van der Waals surface area contributed by atoms with E-state index >= 15 is 0 Å². The van der Waals surface area contributed by atoms with Crippen molar-refractivity contribution in [3.05, 3.63) is 0 Å². The molecule has 1 saturated carbocycles. The first-order valence-corrected chi connectivity index (χ1v) is 7.65. The van der Waals surface area contributed by atoms with Gasteiger partial charge in [0.25, 0.3) is 0 Å². The van der Waals surface area contributed by atoms with Crippen molar-refractivity contribution in [1.29, 1.82) is 0 Å². The molecule has 2 amide bonds. The van der Waals surface area contributed by atoms with E-state index < -0.39 is 23.9 Å². The normalized spacial score (nSPS) is 24.4. The third kappa shape index (κ3) is 9.07. The topological polar surface area (TPSA) is 109 Å². The number of hydrogen-bond donors (Lipinski definition) is 2. The van der Waals surface area contributed by atoms with E-state index in [9.17, 15) is 24.0 Å². The zero-order valence-electron chi connectivity index (χ0n) is 14.7. The molecule has 5 atom stereocenters. The molecule has 1 rings (SSSR count). The van der Waals surface area contributed by atoms with Gasteiger partial charge in [-0.2, -0.15) is 0 Å². The summed E-state index contributed by atoms with van der Waals surface area (Å²) in [7, 11) is 0. The molecule has 0 aromatic carbocycles. The van der Waals surface area contributed by atoms with E-state index in [0.29, 0.717) is 12.8 Å². The molecule has 3 unspecified atom stereocenters. The van der Waals surface area contributed by atoms with E-state index in [1.54, 1.807) is 12.6 Å². The number of carbonyl (C=O) groups is 3. The van der Waals surface area contributed by atoms with Gasteiger partial charge in [0.15, 0.2) is 0 Å². The van der Waals surface area contributed by atoms with E-state index in [0.717, 1.165) is 0 Å². The van der Waals surface area contributed by atoms with Crippen LogP contribution in [-0.2, 0) is 89.4 Å². The van der Waals surface area contributed by atoms with Gasteiger partial charge in [-0.1, -0.05) is 25.9 Å². The number of amides is 2. The van der Waals surface area contributed by atoms with Gasteiger partial charge in [-0.05, 0) is 26.2 Å². The molecule has 0 aliphatic heterocycles. The number of carbonyl (C=O) groups excluding carboxylic acids is 5. The Hall–Kier alpha value is 0.158. The molecule has 7 nitrogen and oxygen atoms in total. The largest absolute Gasteiger partial charge is 0.540 e. The van der Waals surface area contributed by atoms with Gasteiger partial charge in [0.1, 0.15) is 5.78 Å². The van der Waals surface area contributed by atoms with Crippen LogP contribution in [-0.4, -0.2) is 42.3 Å². The number of Topliss-reactive ketones (excluding diaryl/α,β-unsaturated/α-hetero) is 1. The standard InChI is InChI=1S/C16H22N2O5.2Y/c1-9(7-19)17-15(22)13-4-12(11(3)21)5-14(6-13)16(23)18-10(2)8-20;;/h9-10,12-14H,4-6H2,1-3H3,(H,17,22)(H,18,23);;/q-2;;/t9?,10?,12?,13-,14+;;. The summed E-state index contributed by atoms with van der Waals surface area (Å²) in [5.74, 6) is -2.25. The van der Waals surface area contributed by atoms with Crippen LogP contribution < -0.4 is 10.6 Å². The molecule has 1 fully saturated rings. The monoisotopic (exact) mass is 500 g/mol. The molecule has 25 heavy (non-hydrogen) atoms. The Labute approximate surface area is 198 Å². The van der Waals surface area contributed by atoms with Crippen molar-refractivity contribution in [2.45, 2.75) is 52.1 Å². The molecule has 1 aliphatic carbocycles. The Bertz CT molecular complexity index is 465. The molecular weight excluding hydrogens is 478 g/mol. The van der Waals surface area contributed by atoms with Crippen LogP contribution in [0.1, 0.15) is 40.0 Å². The number of hydrogen-bond acceptors (Lipinski definition) is 5. The van der Waals surface area contributed by atoms with Crippen LogP contribution in [0.5, 0.6) is 0 Å². The van der Waals surface area contributed by atoms with Gasteiger partial charge in [-0.15, -0.1) is 0 Å².